The van der Waals surface area contributed by atoms with Crippen LogP contribution >= 0.6 is 0 Å². The van der Waals surface area contributed by atoms with Crippen LogP contribution in [0.4, 0.5) is 0 Å². The molecule has 0 saturated heterocycles. The van der Waals surface area contributed by atoms with Crippen LogP contribution in [0.3, 0.4) is 0 Å². The maximum absolute atomic E-state index is 8.96. The molecule has 17 heavy (non-hydrogen) atoms. The molecule has 0 aromatic carbocycles. The molecule has 3 heterocycles. The highest BCUT2D eigenvalue weighted by atomic mass is 15.3. The lowest BCUT2D eigenvalue weighted by atomic mass is 10.2. The SMILES string of the molecule is N#Cc1cccn1Cc1nnc2n1CCCC2. The molecule has 0 bridgehead atoms. The first-order valence-electron chi connectivity index (χ1n) is 5.84. The average Bonchev–Trinajstić information content (AvgIpc) is 2.97. The van der Waals surface area contributed by atoms with E-state index in [-0.39, 0.29) is 0 Å². The Bertz CT molecular complexity index is 572. The monoisotopic (exact) mass is 227 g/mol. The fraction of sp³-hybridized carbons (Fsp3) is 0.417. The van der Waals surface area contributed by atoms with Crippen molar-refractivity contribution in [2.24, 2.45) is 0 Å². The van der Waals surface area contributed by atoms with Gasteiger partial charge in [0.15, 0.2) is 5.82 Å². The summed E-state index contributed by atoms with van der Waals surface area (Å²) in [6, 6.07) is 5.87. The van der Waals surface area contributed by atoms with Crippen molar-refractivity contribution in [1.82, 2.24) is 19.3 Å². The van der Waals surface area contributed by atoms with Gasteiger partial charge in [-0.2, -0.15) is 5.26 Å². The van der Waals surface area contributed by atoms with Crippen LogP contribution in [0.2, 0.25) is 0 Å². The van der Waals surface area contributed by atoms with Gasteiger partial charge in [-0.1, -0.05) is 0 Å². The normalized spacial score (nSPS) is 14.3. The quantitative estimate of drug-likeness (QED) is 0.777. The second kappa shape index (κ2) is 4.06. The molecule has 3 rings (SSSR count). The summed E-state index contributed by atoms with van der Waals surface area (Å²) in [4.78, 5) is 0. The Morgan fingerprint density at radius 1 is 1.35 bits per heavy atom. The Hall–Kier alpha value is -2.09. The predicted octanol–water partition coefficient (Wildman–Crippen LogP) is 1.34. The lowest BCUT2D eigenvalue weighted by Crippen LogP contribution is -2.15. The number of aromatic nitrogens is 4. The van der Waals surface area contributed by atoms with Crippen molar-refractivity contribution >= 4 is 0 Å². The number of fused-ring (bicyclic) bond motifs is 1. The van der Waals surface area contributed by atoms with E-state index in [0.717, 1.165) is 24.6 Å². The van der Waals surface area contributed by atoms with Crippen molar-refractivity contribution < 1.29 is 0 Å². The molecule has 0 atom stereocenters. The van der Waals surface area contributed by atoms with Gasteiger partial charge in [0.25, 0.3) is 0 Å². The van der Waals surface area contributed by atoms with E-state index in [4.69, 9.17) is 5.26 Å². The third kappa shape index (κ3) is 1.72. The van der Waals surface area contributed by atoms with Crippen LogP contribution in [0.1, 0.15) is 30.2 Å². The van der Waals surface area contributed by atoms with Gasteiger partial charge in [-0.3, -0.25) is 0 Å². The first kappa shape index (κ1) is 10.1. The molecule has 5 heteroatoms. The summed E-state index contributed by atoms with van der Waals surface area (Å²) in [5.74, 6) is 2.03. The standard InChI is InChI=1S/C12H13N5/c13-8-10-4-3-6-16(10)9-12-15-14-11-5-1-2-7-17(11)12/h3-4,6H,1-2,5,7,9H2. The van der Waals surface area contributed by atoms with Gasteiger partial charge in [0, 0.05) is 19.2 Å². The van der Waals surface area contributed by atoms with Crippen molar-refractivity contribution in [3.05, 3.63) is 35.7 Å². The second-order valence-electron chi connectivity index (χ2n) is 4.27. The fourth-order valence-corrected chi connectivity index (χ4v) is 2.29. The van der Waals surface area contributed by atoms with E-state index in [2.05, 4.69) is 20.8 Å². The third-order valence-corrected chi connectivity index (χ3v) is 3.19. The minimum absolute atomic E-state index is 0.628. The molecule has 0 unspecified atom stereocenters. The molecule has 0 aliphatic carbocycles. The van der Waals surface area contributed by atoms with Crippen molar-refractivity contribution in [3.63, 3.8) is 0 Å². The summed E-state index contributed by atoms with van der Waals surface area (Å²) in [5, 5.41) is 17.4. The number of nitriles is 1. The van der Waals surface area contributed by atoms with Crippen LogP contribution in [-0.4, -0.2) is 19.3 Å². The highest BCUT2D eigenvalue weighted by Crippen LogP contribution is 2.15. The minimum Gasteiger partial charge on any atom is -0.332 e. The molecule has 0 N–H and O–H groups in total. The Morgan fingerprint density at radius 2 is 2.29 bits per heavy atom. The van der Waals surface area contributed by atoms with Crippen molar-refractivity contribution in [1.29, 1.82) is 5.26 Å². The highest BCUT2D eigenvalue weighted by molar-refractivity contribution is 5.22. The number of rotatable bonds is 2. The zero-order valence-electron chi connectivity index (χ0n) is 9.50. The lowest BCUT2D eigenvalue weighted by Gasteiger charge is -2.15. The zero-order chi connectivity index (χ0) is 11.7. The molecule has 0 amide bonds. The molecule has 2 aromatic heterocycles. The van der Waals surface area contributed by atoms with E-state index in [1.165, 1.54) is 12.8 Å². The summed E-state index contributed by atoms with van der Waals surface area (Å²) in [5.41, 5.74) is 0.665. The Balaban J connectivity index is 1.91. The van der Waals surface area contributed by atoms with Crippen LogP contribution in [0.25, 0.3) is 0 Å². The first-order valence-corrected chi connectivity index (χ1v) is 5.84. The molecule has 0 spiro atoms. The van der Waals surface area contributed by atoms with Gasteiger partial charge in [0.2, 0.25) is 0 Å². The molecule has 0 saturated carbocycles. The molecule has 1 aliphatic heterocycles. The fourth-order valence-electron chi connectivity index (χ4n) is 2.29. The summed E-state index contributed by atoms with van der Waals surface area (Å²) in [7, 11) is 0. The van der Waals surface area contributed by atoms with E-state index in [1.807, 2.05) is 22.9 Å². The molecule has 2 aromatic rings. The molecule has 1 aliphatic rings. The number of nitrogens with zero attached hydrogens (tertiary/aromatic N) is 5. The van der Waals surface area contributed by atoms with Gasteiger partial charge in [-0.25, -0.2) is 0 Å². The molecular formula is C12H13N5. The molecule has 5 nitrogen and oxygen atoms in total. The largest absolute Gasteiger partial charge is 0.332 e. The van der Waals surface area contributed by atoms with Gasteiger partial charge >= 0.3 is 0 Å². The van der Waals surface area contributed by atoms with Crippen LogP contribution in [0, 0.1) is 11.3 Å². The Morgan fingerprint density at radius 3 is 3.18 bits per heavy atom. The number of hydrogen-bond donors (Lipinski definition) is 0. The first-order chi connectivity index (χ1) is 8.38. The summed E-state index contributed by atoms with van der Waals surface area (Å²) >= 11 is 0. The number of aryl methyl sites for hydroxylation is 1. The Labute approximate surface area is 99.3 Å². The van der Waals surface area contributed by atoms with Crippen LogP contribution in [-0.2, 0) is 19.5 Å². The van der Waals surface area contributed by atoms with Crippen molar-refractivity contribution in [3.8, 4) is 6.07 Å². The van der Waals surface area contributed by atoms with Gasteiger partial charge in [-0.05, 0) is 25.0 Å². The van der Waals surface area contributed by atoms with Crippen LogP contribution in [0.15, 0.2) is 18.3 Å². The van der Waals surface area contributed by atoms with Crippen LogP contribution in [0.5, 0.6) is 0 Å². The van der Waals surface area contributed by atoms with E-state index in [1.54, 1.807) is 0 Å². The minimum atomic E-state index is 0.628. The van der Waals surface area contributed by atoms with Gasteiger partial charge in [0.05, 0.1) is 6.54 Å². The lowest BCUT2D eigenvalue weighted by molar-refractivity contribution is 0.501. The maximum atomic E-state index is 8.96. The Kier molecular flexibility index (Phi) is 2.41. The number of hydrogen-bond acceptors (Lipinski definition) is 3. The second-order valence-corrected chi connectivity index (χ2v) is 4.27. The maximum Gasteiger partial charge on any atom is 0.153 e. The smallest absolute Gasteiger partial charge is 0.153 e. The van der Waals surface area contributed by atoms with Crippen LogP contribution < -0.4 is 0 Å². The molecular weight excluding hydrogens is 214 g/mol. The van der Waals surface area contributed by atoms with Crippen molar-refractivity contribution in [2.75, 3.05) is 0 Å². The van der Waals surface area contributed by atoms with E-state index in [9.17, 15) is 0 Å². The molecule has 0 fully saturated rings. The molecule has 86 valence electrons. The van der Waals surface area contributed by atoms with E-state index in [0.29, 0.717) is 12.2 Å². The predicted molar refractivity (Wildman–Crippen MR) is 61.2 cm³/mol. The topological polar surface area (TPSA) is 59.4 Å². The summed E-state index contributed by atoms with van der Waals surface area (Å²) in [6.07, 6.45) is 5.31. The highest BCUT2D eigenvalue weighted by Gasteiger charge is 2.16. The van der Waals surface area contributed by atoms with E-state index >= 15 is 0 Å². The zero-order valence-corrected chi connectivity index (χ0v) is 9.50. The summed E-state index contributed by atoms with van der Waals surface area (Å²) in [6.45, 7) is 1.63. The summed E-state index contributed by atoms with van der Waals surface area (Å²) < 4.78 is 4.09. The van der Waals surface area contributed by atoms with Gasteiger partial charge in [-0.15, -0.1) is 10.2 Å². The van der Waals surface area contributed by atoms with Crippen molar-refractivity contribution in [2.45, 2.75) is 32.4 Å². The van der Waals surface area contributed by atoms with E-state index < -0.39 is 0 Å². The average molecular weight is 227 g/mol. The van der Waals surface area contributed by atoms with Gasteiger partial charge in [0.1, 0.15) is 17.6 Å². The molecule has 0 radical (unpaired) electrons. The van der Waals surface area contributed by atoms with Gasteiger partial charge < -0.3 is 9.13 Å². The third-order valence-electron chi connectivity index (χ3n) is 3.19.